The highest BCUT2D eigenvalue weighted by molar-refractivity contribution is 7.25. The van der Waals surface area contributed by atoms with Crippen LogP contribution in [0, 0.1) is 0 Å². The summed E-state index contributed by atoms with van der Waals surface area (Å²) < 4.78 is 5.02. The number of aromatic nitrogens is 1. The van der Waals surface area contributed by atoms with Gasteiger partial charge in [0.05, 0.1) is 16.7 Å². The smallest absolute Gasteiger partial charge is 0.0541 e. The van der Waals surface area contributed by atoms with E-state index < -0.39 is 0 Å². The van der Waals surface area contributed by atoms with Gasteiger partial charge in [-0.25, -0.2) is 0 Å². The lowest BCUT2D eigenvalue weighted by Crippen LogP contribution is -2.09. The molecular weight excluding hydrogens is 805 g/mol. The first-order valence-corrected chi connectivity index (χ1v) is 23.1. The van der Waals surface area contributed by atoms with Crippen LogP contribution in [0.5, 0.6) is 0 Å². The largest absolute Gasteiger partial charge is 0.310 e. The van der Waals surface area contributed by atoms with Gasteiger partial charge in [-0.2, -0.15) is 0 Å². The molecule has 2 aromatic heterocycles. The number of fused-ring (bicyclic) bond motifs is 9. The number of thiophene rings is 1. The minimum absolute atomic E-state index is 1.10. The van der Waals surface area contributed by atoms with Crippen LogP contribution in [0.2, 0.25) is 0 Å². The molecule has 0 unspecified atom stereocenters. The zero-order valence-corrected chi connectivity index (χ0v) is 36.2. The SMILES string of the molecule is c1ccc(-c2ccccc2-n2c3ccccc3c3ccccc32)c(-c2ccc(N(c3ccc(-c4ccc5c(ccc6ccccc65)c4)cc3)c3ccc4c(c3)sc3ccccc34)cc2)c1. The third kappa shape index (κ3) is 6.24. The van der Waals surface area contributed by atoms with Crippen molar-refractivity contribution in [1.82, 2.24) is 4.57 Å². The van der Waals surface area contributed by atoms with Gasteiger partial charge in [-0.15, -0.1) is 11.3 Å². The number of hydrogen-bond acceptors (Lipinski definition) is 2. The quantitative estimate of drug-likeness (QED) is 0.145. The Morgan fingerprint density at radius 1 is 0.292 bits per heavy atom. The molecule has 0 fully saturated rings. The molecule has 2 nitrogen and oxygen atoms in total. The van der Waals surface area contributed by atoms with Gasteiger partial charge in [0.25, 0.3) is 0 Å². The topological polar surface area (TPSA) is 8.17 Å². The van der Waals surface area contributed by atoms with Crippen LogP contribution < -0.4 is 4.90 Å². The van der Waals surface area contributed by atoms with Gasteiger partial charge in [0.2, 0.25) is 0 Å². The molecule has 11 aromatic carbocycles. The molecule has 13 aromatic rings. The van der Waals surface area contributed by atoms with E-state index in [4.69, 9.17) is 0 Å². The van der Waals surface area contributed by atoms with Crippen molar-refractivity contribution >= 4 is 91.9 Å². The van der Waals surface area contributed by atoms with E-state index in [0.717, 1.165) is 22.7 Å². The first kappa shape index (κ1) is 37.3. The third-order valence-electron chi connectivity index (χ3n) is 13.2. The Bertz CT molecular complexity index is 3900. The lowest BCUT2D eigenvalue weighted by atomic mass is 9.93. The van der Waals surface area contributed by atoms with Crippen LogP contribution in [0.4, 0.5) is 17.1 Å². The van der Waals surface area contributed by atoms with Crippen molar-refractivity contribution in [2.45, 2.75) is 0 Å². The molecule has 0 N–H and O–H groups in total. The summed E-state index contributed by atoms with van der Waals surface area (Å²) in [6.07, 6.45) is 0. The Hall–Kier alpha value is -8.24. The van der Waals surface area contributed by atoms with Crippen LogP contribution in [0.15, 0.2) is 243 Å². The van der Waals surface area contributed by atoms with Crippen molar-refractivity contribution in [3.8, 4) is 39.1 Å². The Morgan fingerprint density at radius 3 is 1.55 bits per heavy atom. The summed E-state index contributed by atoms with van der Waals surface area (Å²) in [6, 6.07) is 89.0. The number of anilines is 3. The average molecular weight is 845 g/mol. The van der Waals surface area contributed by atoms with E-state index >= 15 is 0 Å². The normalized spacial score (nSPS) is 11.7. The monoisotopic (exact) mass is 844 g/mol. The van der Waals surface area contributed by atoms with E-state index in [2.05, 4.69) is 252 Å². The van der Waals surface area contributed by atoms with E-state index in [9.17, 15) is 0 Å². The maximum absolute atomic E-state index is 2.43. The molecule has 304 valence electrons. The first-order valence-electron chi connectivity index (χ1n) is 22.2. The molecule has 0 bridgehead atoms. The van der Waals surface area contributed by atoms with Crippen molar-refractivity contribution in [1.29, 1.82) is 0 Å². The summed E-state index contributed by atoms with van der Waals surface area (Å²) in [7, 11) is 0. The molecule has 0 spiro atoms. The number of nitrogens with zero attached hydrogens (tertiary/aromatic N) is 2. The zero-order chi connectivity index (χ0) is 42.8. The Labute approximate surface area is 381 Å². The number of hydrogen-bond donors (Lipinski definition) is 0. The second-order valence-corrected chi connectivity index (χ2v) is 17.9. The number of benzene rings is 11. The average Bonchev–Trinajstić information content (AvgIpc) is 3.92. The predicted octanol–water partition coefficient (Wildman–Crippen LogP) is 17.9. The van der Waals surface area contributed by atoms with Crippen LogP contribution in [0.3, 0.4) is 0 Å². The fraction of sp³-hybridized carbons (Fsp3) is 0. The zero-order valence-electron chi connectivity index (χ0n) is 35.4. The minimum Gasteiger partial charge on any atom is -0.310 e. The van der Waals surface area contributed by atoms with Crippen LogP contribution in [-0.4, -0.2) is 4.57 Å². The minimum atomic E-state index is 1.10. The summed E-state index contributed by atoms with van der Waals surface area (Å²) in [5, 5.41) is 10.2. The lowest BCUT2D eigenvalue weighted by molar-refractivity contribution is 1.18. The molecule has 0 aliphatic heterocycles. The fourth-order valence-electron chi connectivity index (χ4n) is 10.1. The van der Waals surface area contributed by atoms with E-state index in [-0.39, 0.29) is 0 Å². The Balaban J connectivity index is 0.906. The van der Waals surface area contributed by atoms with E-state index in [1.165, 1.54) is 96.9 Å². The molecule has 0 saturated heterocycles. The maximum atomic E-state index is 2.43. The van der Waals surface area contributed by atoms with Crippen LogP contribution in [-0.2, 0) is 0 Å². The molecule has 65 heavy (non-hydrogen) atoms. The van der Waals surface area contributed by atoms with Gasteiger partial charge < -0.3 is 9.47 Å². The summed E-state index contributed by atoms with van der Waals surface area (Å²) in [5.41, 5.74) is 14.1. The highest BCUT2D eigenvalue weighted by Gasteiger charge is 2.19. The summed E-state index contributed by atoms with van der Waals surface area (Å²) >= 11 is 1.86. The lowest BCUT2D eigenvalue weighted by Gasteiger charge is -2.26. The van der Waals surface area contributed by atoms with Gasteiger partial charge in [0, 0.05) is 53.6 Å². The molecule has 0 radical (unpaired) electrons. The van der Waals surface area contributed by atoms with Gasteiger partial charge >= 0.3 is 0 Å². The molecular formula is C62H40N2S. The maximum Gasteiger partial charge on any atom is 0.0541 e. The fourth-order valence-corrected chi connectivity index (χ4v) is 11.3. The highest BCUT2D eigenvalue weighted by atomic mass is 32.1. The van der Waals surface area contributed by atoms with Crippen molar-refractivity contribution in [2.24, 2.45) is 0 Å². The van der Waals surface area contributed by atoms with Crippen LogP contribution >= 0.6 is 11.3 Å². The van der Waals surface area contributed by atoms with Crippen LogP contribution in [0.1, 0.15) is 0 Å². The Morgan fingerprint density at radius 2 is 0.800 bits per heavy atom. The second kappa shape index (κ2) is 15.2. The number of rotatable bonds is 7. The van der Waals surface area contributed by atoms with Gasteiger partial charge in [-0.3, -0.25) is 0 Å². The Kier molecular flexibility index (Phi) is 8.75. The van der Waals surface area contributed by atoms with Crippen LogP contribution in [0.25, 0.3) is 103 Å². The summed E-state index contributed by atoms with van der Waals surface area (Å²) in [5.74, 6) is 0. The third-order valence-corrected chi connectivity index (χ3v) is 14.3. The van der Waals surface area contributed by atoms with Crippen molar-refractivity contribution < 1.29 is 0 Å². The highest BCUT2D eigenvalue weighted by Crippen LogP contribution is 2.44. The van der Waals surface area contributed by atoms with Gasteiger partial charge in [0.1, 0.15) is 0 Å². The molecule has 2 heterocycles. The molecule has 0 aliphatic carbocycles. The van der Waals surface area contributed by atoms with E-state index in [1.54, 1.807) is 0 Å². The standard InChI is InChI=1S/C62H40N2S/c1-2-14-49-42(13-1)25-26-45-39-44(31-37-51(45)49)41-27-32-46(33-28-41)63(48-36-38-57-56-20-8-12-24-61(56)65-62(57)40-48)47-34-29-43(30-35-47)50-15-3-4-16-52(50)53-17-5-9-21-58(53)64-59-22-10-6-18-54(59)55-19-7-11-23-60(55)64/h1-40H. The van der Waals surface area contributed by atoms with Gasteiger partial charge in [-0.05, 0) is 116 Å². The predicted molar refractivity (Wildman–Crippen MR) is 280 cm³/mol. The van der Waals surface area contributed by atoms with E-state index in [0.29, 0.717) is 0 Å². The molecule has 3 heteroatoms. The molecule has 13 rings (SSSR count). The summed E-state index contributed by atoms with van der Waals surface area (Å²) in [6.45, 7) is 0. The molecule has 0 atom stereocenters. The molecule has 0 amide bonds. The summed E-state index contributed by atoms with van der Waals surface area (Å²) in [4.78, 5) is 2.40. The number of para-hydroxylation sites is 3. The van der Waals surface area contributed by atoms with E-state index in [1.807, 2.05) is 11.3 Å². The van der Waals surface area contributed by atoms with Crippen molar-refractivity contribution in [2.75, 3.05) is 4.90 Å². The molecule has 0 saturated carbocycles. The van der Waals surface area contributed by atoms with Crippen molar-refractivity contribution in [3.63, 3.8) is 0 Å². The second-order valence-electron chi connectivity index (χ2n) is 16.9. The van der Waals surface area contributed by atoms with Gasteiger partial charge in [-0.1, -0.05) is 176 Å². The van der Waals surface area contributed by atoms with Crippen molar-refractivity contribution in [3.05, 3.63) is 243 Å². The molecule has 0 aliphatic rings. The van der Waals surface area contributed by atoms with Gasteiger partial charge in [0.15, 0.2) is 0 Å². The first-order chi connectivity index (χ1) is 32.2.